The molecule has 18 heteroatoms. The molecule has 0 spiro atoms. The molecule has 2 aliphatic heterocycles. The smallest absolute Gasteiger partial charge is 0.324 e. The van der Waals surface area contributed by atoms with E-state index in [4.69, 9.17) is 0 Å². The van der Waals surface area contributed by atoms with Crippen LogP contribution < -0.4 is 24.6 Å². The summed E-state index contributed by atoms with van der Waals surface area (Å²) in [4.78, 5) is 38.3. The van der Waals surface area contributed by atoms with Gasteiger partial charge < -0.3 is 20.0 Å². The van der Waals surface area contributed by atoms with Crippen LogP contribution >= 0.6 is 0 Å². The van der Waals surface area contributed by atoms with Crippen molar-refractivity contribution >= 4 is 49.1 Å². The highest BCUT2D eigenvalue weighted by Crippen LogP contribution is 2.23. The monoisotopic (exact) mass is 634 g/mol. The van der Waals surface area contributed by atoms with Gasteiger partial charge in [0.25, 0.3) is 0 Å². The number of rotatable bonds is 6. The zero-order valence-electron chi connectivity index (χ0n) is 22.5. The summed E-state index contributed by atoms with van der Waals surface area (Å²) in [6.45, 7) is 0.587. The van der Waals surface area contributed by atoms with Crippen molar-refractivity contribution in [2.45, 2.75) is 16.0 Å². The van der Waals surface area contributed by atoms with Crippen molar-refractivity contribution in [2.24, 2.45) is 0 Å². The Balaban J connectivity index is 0.000000240. The molecule has 0 saturated carbocycles. The van der Waals surface area contributed by atoms with Gasteiger partial charge in [-0.3, -0.25) is 14.4 Å². The Bertz CT molecular complexity index is 1520. The number of halogens is 3. The van der Waals surface area contributed by atoms with Gasteiger partial charge in [0, 0.05) is 37.6 Å². The quantitative estimate of drug-likeness (QED) is 0.395. The molecular formula is C24H29F3N6O7S2. The lowest BCUT2D eigenvalue weighted by molar-refractivity contribution is -0.186. The minimum absolute atomic E-state index is 0.00733. The highest BCUT2D eigenvalue weighted by Gasteiger charge is 2.44. The maximum absolute atomic E-state index is 12.4. The summed E-state index contributed by atoms with van der Waals surface area (Å²) < 4.78 is 87.9. The first kappa shape index (κ1) is 32.9. The van der Waals surface area contributed by atoms with E-state index in [0.717, 1.165) is 12.2 Å². The first-order valence-corrected chi connectivity index (χ1v) is 15.3. The first-order valence-electron chi connectivity index (χ1n) is 12.4. The Labute approximate surface area is 240 Å². The maximum atomic E-state index is 12.4. The molecule has 0 radical (unpaired) electrons. The predicted octanol–water partition coefficient (Wildman–Crippen LogP) is -0.137. The molecule has 2 saturated heterocycles. The van der Waals surface area contributed by atoms with Gasteiger partial charge in [-0.15, -0.1) is 0 Å². The van der Waals surface area contributed by atoms with Crippen molar-refractivity contribution in [3.8, 4) is 0 Å². The second-order valence-corrected chi connectivity index (χ2v) is 12.7. The van der Waals surface area contributed by atoms with E-state index in [1.54, 1.807) is 17.0 Å². The van der Waals surface area contributed by atoms with Crippen molar-refractivity contribution in [2.75, 3.05) is 63.2 Å². The van der Waals surface area contributed by atoms with E-state index < -0.39 is 44.6 Å². The lowest BCUT2D eigenvalue weighted by Crippen LogP contribution is -2.55. The van der Waals surface area contributed by atoms with E-state index in [9.17, 15) is 44.4 Å². The molecule has 2 heterocycles. The molecule has 2 aromatic carbocycles. The predicted molar refractivity (Wildman–Crippen MR) is 146 cm³/mol. The number of benzene rings is 2. The van der Waals surface area contributed by atoms with Crippen molar-refractivity contribution in [1.29, 1.82) is 0 Å². The van der Waals surface area contributed by atoms with Gasteiger partial charge in [-0.1, -0.05) is 0 Å². The van der Waals surface area contributed by atoms with Crippen molar-refractivity contribution in [3.63, 3.8) is 0 Å². The highest BCUT2D eigenvalue weighted by atomic mass is 32.2. The van der Waals surface area contributed by atoms with Gasteiger partial charge in [0.1, 0.15) is 6.54 Å². The summed E-state index contributed by atoms with van der Waals surface area (Å²) in [6, 6.07) is 11.6. The molecule has 0 aromatic heterocycles. The van der Waals surface area contributed by atoms with E-state index in [0.29, 0.717) is 23.7 Å². The summed E-state index contributed by atoms with van der Waals surface area (Å²) in [7, 11) is -4.43. The van der Waals surface area contributed by atoms with Crippen LogP contribution in [-0.2, 0) is 34.4 Å². The summed E-state index contributed by atoms with van der Waals surface area (Å²) in [5.41, 5.74) is 1.06. The van der Waals surface area contributed by atoms with E-state index in [1.165, 1.54) is 55.4 Å². The van der Waals surface area contributed by atoms with Gasteiger partial charge in [-0.2, -0.15) is 13.2 Å². The Morgan fingerprint density at radius 3 is 1.60 bits per heavy atom. The molecule has 0 unspecified atom stereocenters. The van der Waals surface area contributed by atoms with E-state index in [2.05, 4.69) is 14.8 Å². The van der Waals surface area contributed by atoms with E-state index >= 15 is 0 Å². The number of carbonyl (C=O) groups excluding carboxylic acids is 3. The van der Waals surface area contributed by atoms with Crippen LogP contribution in [0.15, 0.2) is 58.3 Å². The van der Waals surface area contributed by atoms with Crippen LogP contribution in [0, 0.1) is 0 Å². The minimum atomic E-state index is -5.02. The molecule has 3 amide bonds. The zero-order valence-corrected chi connectivity index (χ0v) is 24.1. The summed E-state index contributed by atoms with van der Waals surface area (Å²) in [5.74, 6) is -2.74. The SMILES string of the molecule is CNS(=O)(=O)c1ccc(N2CCN(C(=O)C(F)(F)F)CC2=O)cc1.CNS(=O)(=O)c1ccc(N2CCNCC2=O)cc1. The number of nitrogens with one attached hydrogen (secondary N) is 3. The minimum Gasteiger partial charge on any atom is -0.324 e. The van der Waals surface area contributed by atoms with Crippen molar-refractivity contribution in [3.05, 3.63) is 48.5 Å². The van der Waals surface area contributed by atoms with Crippen LogP contribution in [0.4, 0.5) is 24.5 Å². The lowest BCUT2D eigenvalue weighted by atomic mass is 10.2. The average molecular weight is 635 g/mol. The largest absolute Gasteiger partial charge is 0.471 e. The van der Waals surface area contributed by atoms with Crippen molar-refractivity contribution < 1.29 is 44.4 Å². The van der Waals surface area contributed by atoms with Gasteiger partial charge in [-0.05, 0) is 62.6 Å². The summed E-state index contributed by atoms with van der Waals surface area (Å²) >= 11 is 0. The van der Waals surface area contributed by atoms with Crippen LogP contribution in [0.1, 0.15) is 0 Å². The van der Waals surface area contributed by atoms with Crippen molar-refractivity contribution in [1.82, 2.24) is 19.7 Å². The molecular weight excluding hydrogens is 605 g/mol. The second-order valence-electron chi connectivity index (χ2n) is 8.89. The third-order valence-corrected chi connectivity index (χ3v) is 9.16. The molecule has 0 aliphatic carbocycles. The summed E-state index contributed by atoms with van der Waals surface area (Å²) in [6.07, 6.45) is -5.02. The number of piperazine rings is 2. The molecule has 0 atom stereocenters. The number of sulfonamides is 2. The molecule has 3 N–H and O–H groups in total. The molecule has 42 heavy (non-hydrogen) atoms. The van der Waals surface area contributed by atoms with Gasteiger partial charge >= 0.3 is 12.1 Å². The van der Waals surface area contributed by atoms with Crippen LogP contribution in [0.2, 0.25) is 0 Å². The Morgan fingerprint density at radius 2 is 1.21 bits per heavy atom. The molecule has 2 aliphatic rings. The Hall–Kier alpha value is -3.58. The number of amides is 3. The van der Waals surface area contributed by atoms with Crippen LogP contribution in [0.25, 0.3) is 0 Å². The molecule has 2 aromatic rings. The average Bonchev–Trinajstić information content (AvgIpc) is 2.97. The van der Waals surface area contributed by atoms with Gasteiger partial charge in [0.15, 0.2) is 0 Å². The fourth-order valence-corrected chi connectivity index (χ4v) is 5.48. The third kappa shape index (κ3) is 7.82. The first-order chi connectivity index (χ1) is 19.6. The third-order valence-electron chi connectivity index (χ3n) is 6.29. The highest BCUT2D eigenvalue weighted by molar-refractivity contribution is 7.89. The molecule has 13 nitrogen and oxygen atoms in total. The van der Waals surface area contributed by atoms with Crippen LogP contribution in [0.5, 0.6) is 0 Å². The van der Waals surface area contributed by atoms with E-state index in [1.807, 2.05) is 0 Å². The fourth-order valence-electron chi connectivity index (χ4n) is 4.02. The van der Waals surface area contributed by atoms with Gasteiger partial charge in [0.05, 0.1) is 16.3 Å². The van der Waals surface area contributed by atoms with E-state index in [-0.39, 0.29) is 28.8 Å². The number of hydrogen-bond donors (Lipinski definition) is 3. The number of alkyl halides is 3. The topological polar surface area (TPSA) is 165 Å². The standard InChI is InChI=1S/C13H14F3N3O4S.C11H15N3O3S/c1-17-24(22,23)10-4-2-9(3-5-10)19-7-6-18(8-11(19)20)12(21)13(14,15)16;1-12-18(16,17)10-4-2-9(3-5-10)14-7-6-13-8-11(14)15/h2-5,17H,6-8H2,1H3;2-5,12-13H,6-8H2,1H3. The number of nitrogens with zero attached hydrogens (tertiary/aromatic N) is 3. The maximum Gasteiger partial charge on any atom is 0.471 e. The lowest BCUT2D eigenvalue weighted by Gasteiger charge is -2.34. The summed E-state index contributed by atoms with van der Waals surface area (Å²) in [5, 5.41) is 2.98. The van der Waals surface area contributed by atoms with Crippen LogP contribution in [-0.4, -0.2) is 99.0 Å². The van der Waals surface area contributed by atoms with Crippen LogP contribution in [0.3, 0.4) is 0 Å². The van der Waals surface area contributed by atoms with Gasteiger partial charge in [-0.25, -0.2) is 26.3 Å². The fraction of sp³-hybridized carbons (Fsp3) is 0.375. The molecule has 0 bridgehead atoms. The molecule has 230 valence electrons. The molecule has 2 fully saturated rings. The Morgan fingerprint density at radius 1 is 0.762 bits per heavy atom. The number of carbonyl (C=O) groups is 3. The molecule has 4 rings (SSSR count). The van der Waals surface area contributed by atoms with Gasteiger partial charge in [0.2, 0.25) is 31.9 Å². The second kappa shape index (κ2) is 13.2. The zero-order chi connectivity index (χ0) is 31.3. The number of anilines is 2. The number of hydrogen-bond acceptors (Lipinski definition) is 8. The Kier molecular flexibility index (Phi) is 10.3. The normalized spacial score (nSPS) is 16.6.